The lowest BCUT2D eigenvalue weighted by Gasteiger charge is -2.13. The Hall–Kier alpha value is -2.39. The molecule has 0 radical (unpaired) electrons. The molecule has 1 atom stereocenters. The molecule has 0 saturated carbocycles. The summed E-state index contributed by atoms with van der Waals surface area (Å²) in [5.41, 5.74) is -0.171. The van der Waals surface area contributed by atoms with Crippen molar-refractivity contribution in [1.82, 2.24) is 5.32 Å². The summed E-state index contributed by atoms with van der Waals surface area (Å²) in [6.45, 7) is -0.380. The van der Waals surface area contributed by atoms with Crippen molar-refractivity contribution in [3.05, 3.63) is 64.1 Å². The molecule has 2 rings (SSSR count). The van der Waals surface area contributed by atoms with E-state index < -0.39 is 29.7 Å². The van der Waals surface area contributed by atoms with Crippen LogP contribution in [0.15, 0.2) is 53.0 Å². The molecule has 0 heterocycles. The second kappa shape index (κ2) is 9.01. The number of hydrogen-bond donors (Lipinski definition) is 3. The number of amides is 2. The molecule has 5 nitrogen and oxygen atoms in total. The zero-order chi connectivity index (χ0) is 20.0. The average Bonchev–Trinajstić information content (AvgIpc) is 2.61. The zero-order valence-electron chi connectivity index (χ0n) is 13.9. The smallest absolute Gasteiger partial charge is 0.383 e. The van der Waals surface area contributed by atoms with E-state index in [0.717, 1.165) is 16.6 Å². The van der Waals surface area contributed by atoms with E-state index >= 15 is 0 Å². The molecule has 2 aromatic rings. The first kappa shape index (κ1) is 20.9. The first-order chi connectivity index (χ1) is 12.6. The van der Waals surface area contributed by atoms with Crippen LogP contribution in [0, 0.1) is 0 Å². The zero-order valence-corrected chi connectivity index (χ0v) is 15.5. The summed E-state index contributed by atoms with van der Waals surface area (Å²) in [5, 5.41) is 14.7. The van der Waals surface area contributed by atoms with Crippen molar-refractivity contribution < 1.29 is 27.9 Å². The Morgan fingerprint density at radius 3 is 2.41 bits per heavy atom. The number of aliphatic hydroxyl groups is 1. The van der Waals surface area contributed by atoms with Gasteiger partial charge in [-0.2, -0.15) is 13.2 Å². The van der Waals surface area contributed by atoms with E-state index in [1.165, 1.54) is 12.1 Å². The van der Waals surface area contributed by atoms with Crippen LogP contribution in [0.2, 0.25) is 0 Å². The maximum absolute atomic E-state index is 12.7. The highest BCUT2D eigenvalue weighted by atomic mass is 79.9. The Bertz CT molecular complexity index is 810. The van der Waals surface area contributed by atoms with Crippen molar-refractivity contribution in [3.63, 3.8) is 0 Å². The van der Waals surface area contributed by atoms with Gasteiger partial charge < -0.3 is 15.7 Å². The van der Waals surface area contributed by atoms with Crippen molar-refractivity contribution in [2.24, 2.45) is 0 Å². The first-order valence-corrected chi connectivity index (χ1v) is 8.62. The number of aliphatic hydroxyl groups excluding tert-OH is 1. The van der Waals surface area contributed by atoms with Gasteiger partial charge in [0.1, 0.15) is 6.10 Å². The molecule has 144 valence electrons. The Morgan fingerprint density at radius 2 is 1.78 bits per heavy atom. The number of carbonyl (C=O) groups excluding carboxylic acids is 2. The van der Waals surface area contributed by atoms with E-state index in [2.05, 4.69) is 26.6 Å². The van der Waals surface area contributed by atoms with E-state index in [-0.39, 0.29) is 18.5 Å². The summed E-state index contributed by atoms with van der Waals surface area (Å²) >= 11 is 3.26. The van der Waals surface area contributed by atoms with Gasteiger partial charge in [-0.3, -0.25) is 9.59 Å². The van der Waals surface area contributed by atoms with Crippen LogP contribution in [0.1, 0.15) is 11.1 Å². The molecular weight excluding hydrogens is 429 g/mol. The highest BCUT2D eigenvalue weighted by molar-refractivity contribution is 9.10. The molecule has 0 aliphatic carbocycles. The van der Waals surface area contributed by atoms with Crippen molar-refractivity contribution in [2.45, 2.75) is 18.7 Å². The highest BCUT2D eigenvalue weighted by Gasteiger charge is 2.30. The molecule has 27 heavy (non-hydrogen) atoms. The SMILES string of the molecule is O=C(CNC(=O)C(O)Cc1cccc(C(F)(F)F)c1)Nc1ccc(Br)cc1. The normalized spacial score (nSPS) is 12.3. The molecule has 0 aliphatic heterocycles. The number of carbonyl (C=O) groups is 2. The maximum Gasteiger partial charge on any atom is 0.416 e. The lowest BCUT2D eigenvalue weighted by molar-refractivity contribution is -0.137. The Morgan fingerprint density at radius 1 is 1.11 bits per heavy atom. The maximum atomic E-state index is 12.7. The first-order valence-electron chi connectivity index (χ1n) is 7.82. The fourth-order valence-corrected chi connectivity index (χ4v) is 2.48. The number of rotatable bonds is 6. The molecule has 1 unspecified atom stereocenters. The van der Waals surface area contributed by atoms with Crippen LogP contribution in [-0.4, -0.2) is 29.6 Å². The van der Waals surface area contributed by atoms with Gasteiger partial charge in [0.05, 0.1) is 12.1 Å². The molecule has 3 N–H and O–H groups in total. The van der Waals surface area contributed by atoms with Gasteiger partial charge in [-0.15, -0.1) is 0 Å². The molecular formula is C18H16BrF3N2O3. The van der Waals surface area contributed by atoms with Crippen LogP contribution in [0.4, 0.5) is 18.9 Å². The summed E-state index contributed by atoms with van der Waals surface area (Å²) in [6.07, 6.45) is -6.38. The third kappa shape index (κ3) is 6.69. The molecule has 0 fully saturated rings. The van der Waals surface area contributed by atoms with Gasteiger partial charge in [-0.25, -0.2) is 0 Å². The van der Waals surface area contributed by atoms with Gasteiger partial charge in [0.15, 0.2) is 0 Å². The minimum absolute atomic E-state index is 0.159. The van der Waals surface area contributed by atoms with Crippen molar-refractivity contribution >= 4 is 33.4 Å². The Labute approximate surface area is 161 Å². The predicted octanol–water partition coefficient (Wildman–Crippen LogP) is 3.13. The van der Waals surface area contributed by atoms with Crippen LogP contribution in [0.5, 0.6) is 0 Å². The number of anilines is 1. The average molecular weight is 445 g/mol. The predicted molar refractivity (Wildman–Crippen MR) is 96.9 cm³/mol. The number of nitrogens with one attached hydrogen (secondary N) is 2. The molecule has 0 aromatic heterocycles. The summed E-state index contributed by atoms with van der Waals surface area (Å²) in [4.78, 5) is 23.7. The van der Waals surface area contributed by atoms with Crippen molar-refractivity contribution in [2.75, 3.05) is 11.9 Å². The van der Waals surface area contributed by atoms with Crippen molar-refractivity contribution in [3.8, 4) is 0 Å². The van der Waals surface area contributed by atoms with Crippen LogP contribution < -0.4 is 10.6 Å². The van der Waals surface area contributed by atoms with E-state index in [9.17, 15) is 27.9 Å². The second-order valence-electron chi connectivity index (χ2n) is 5.69. The second-order valence-corrected chi connectivity index (χ2v) is 6.61. The molecule has 0 spiro atoms. The molecule has 0 saturated heterocycles. The van der Waals surface area contributed by atoms with E-state index in [0.29, 0.717) is 5.69 Å². The van der Waals surface area contributed by atoms with Gasteiger partial charge in [0.2, 0.25) is 11.8 Å². The molecule has 0 aliphatic rings. The van der Waals surface area contributed by atoms with Crippen molar-refractivity contribution in [1.29, 1.82) is 0 Å². The highest BCUT2D eigenvalue weighted by Crippen LogP contribution is 2.29. The Kier molecular flexibility index (Phi) is 6.98. The van der Waals surface area contributed by atoms with Gasteiger partial charge in [0.25, 0.3) is 0 Å². The summed E-state index contributed by atoms with van der Waals surface area (Å²) in [5.74, 6) is -1.35. The van der Waals surface area contributed by atoms with Crippen LogP contribution in [0.3, 0.4) is 0 Å². The molecule has 9 heteroatoms. The summed E-state index contributed by atoms with van der Waals surface area (Å²) in [7, 11) is 0. The van der Waals surface area contributed by atoms with Gasteiger partial charge in [0, 0.05) is 16.6 Å². The lowest BCUT2D eigenvalue weighted by atomic mass is 10.0. The molecule has 2 aromatic carbocycles. The van der Waals surface area contributed by atoms with E-state index in [1.807, 2.05) is 0 Å². The molecule has 2 amide bonds. The number of hydrogen-bond acceptors (Lipinski definition) is 3. The Balaban J connectivity index is 1.85. The van der Waals surface area contributed by atoms with Gasteiger partial charge >= 0.3 is 6.18 Å². The monoisotopic (exact) mass is 444 g/mol. The van der Waals surface area contributed by atoms with Crippen LogP contribution in [0.25, 0.3) is 0 Å². The minimum atomic E-state index is -4.51. The van der Waals surface area contributed by atoms with Crippen LogP contribution in [-0.2, 0) is 22.2 Å². The third-order valence-electron chi connectivity index (χ3n) is 3.54. The molecule has 0 bridgehead atoms. The van der Waals surface area contributed by atoms with Gasteiger partial charge in [-0.1, -0.05) is 34.1 Å². The number of halogens is 4. The summed E-state index contributed by atoms with van der Waals surface area (Å²) < 4.78 is 38.9. The lowest BCUT2D eigenvalue weighted by Crippen LogP contribution is -2.40. The minimum Gasteiger partial charge on any atom is -0.383 e. The fourth-order valence-electron chi connectivity index (χ4n) is 2.21. The largest absolute Gasteiger partial charge is 0.416 e. The van der Waals surface area contributed by atoms with E-state index in [1.54, 1.807) is 24.3 Å². The standard InChI is InChI=1S/C18H16BrF3N2O3/c19-13-4-6-14(7-5-13)24-16(26)10-23-17(27)15(25)9-11-2-1-3-12(8-11)18(20,21)22/h1-8,15,25H,9-10H2,(H,23,27)(H,24,26). The fraction of sp³-hybridized carbons (Fsp3) is 0.222. The number of benzene rings is 2. The quantitative estimate of drug-likeness (QED) is 0.640. The van der Waals surface area contributed by atoms with E-state index in [4.69, 9.17) is 0 Å². The number of alkyl halides is 3. The van der Waals surface area contributed by atoms with Gasteiger partial charge in [-0.05, 0) is 35.9 Å². The summed E-state index contributed by atoms with van der Waals surface area (Å²) in [6, 6.07) is 11.1. The van der Waals surface area contributed by atoms with Crippen LogP contribution >= 0.6 is 15.9 Å². The third-order valence-corrected chi connectivity index (χ3v) is 4.07. The topological polar surface area (TPSA) is 78.4 Å².